The molecule has 8 heteroatoms. The summed E-state index contributed by atoms with van der Waals surface area (Å²) >= 11 is 3.66. The zero-order chi connectivity index (χ0) is 25.9. The molecule has 1 aromatic heterocycles. The molecule has 1 atom stereocenters. The zero-order valence-corrected chi connectivity index (χ0v) is 24.4. The summed E-state index contributed by atoms with van der Waals surface area (Å²) in [5.41, 5.74) is 3.75. The van der Waals surface area contributed by atoms with Crippen LogP contribution in [0.25, 0.3) is 11.1 Å². The highest BCUT2D eigenvalue weighted by Crippen LogP contribution is 2.35. The Bertz CT molecular complexity index is 1100. The van der Waals surface area contributed by atoms with Gasteiger partial charge in [-0.05, 0) is 85.6 Å². The molecule has 0 bridgehead atoms. The number of nitrogens with one attached hydrogen (secondary N) is 2. The minimum absolute atomic E-state index is 0.0216. The quantitative estimate of drug-likeness (QED) is 0.430. The monoisotopic (exact) mass is 577 g/mol. The highest BCUT2D eigenvalue weighted by Gasteiger charge is 2.25. The zero-order valence-electron chi connectivity index (χ0n) is 22.0. The van der Waals surface area contributed by atoms with Crippen molar-refractivity contribution >= 4 is 32.8 Å². The molecule has 1 amide bonds. The summed E-state index contributed by atoms with van der Waals surface area (Å²) < 4.78 is 24.4. The Hall–Kier alpha value is -1.48. The number of benzene rings is 1. The second kappa shape index (κ2) is 11.9. The SMILES string of the molecule is Cn1c(C(=O)NC2CCOCC2)cc(-c2ccc(S(=O)NC(C)(C)C)c(Br)c2)c1CC1CCCCC1. The van der Waals surface area contributed by atoms with Crippen molar-refractivity contribution in [2.45, 2.75) is 88.6 Å². The minimum Gasteiger partial charge on any atom is -0.381 e. The molecule has 0 spiro atoms. The van der Waals surface area contributed by atoms with E-state index in [2.05, 4.69) is 30.5 Å². The van der Waals surface area contributed by atoms with E-state index >= 15 is 0 Å². The van der Waals surface area contributed by atoms with Crippen LogP contribution in [-0.4, -0.2) is 39.5 Å². The Balaban J connectivity index is 1.66. The molecule has 0 radical (unpaired) electrons. The molecular formula is C28H40BrN3O3S. The number of amides is 1. The molecule has 2 aliphatic rings. The molecule has 1 aromatic carbocycles. The summed E-state index contributed by atoms with van der Waals surface area (Å²) in [6.45, 7) is 7.40. The molecule has 198 valence electrons. The van der Waals surface area contributed by atoms with Crippen LogP contribution in [-0.2, 0) is 29.2 Å². The van der Waals surface area contributed by atoms with Gasteiger partial charge in [0.1, 0.15) is 16.7 Å². The third-order valence-corrected chi connectivity index (χ3v) is 9.67. The summed E-state index contributed by atoms with van der Waals surface area (Å²) in [4.78, 5) is 14.1. The Morgan fingerprint density at radius 2 is 1.81 bits per heavy atom. The van der Waals surface area contributed by atoms with Gasteiger partial charge in [-0.3, -0.25) is 4.79 Å². The van der Waals surface area contributed by atoms with Crippen LogP contribution in [0, 0.1) is 5.92 Å². The second-order valence-corrected chi connectivity index (χ2v) is 13.3. The van der Waals surface area contributed by atoms with Crippen molar-refractivity contribution in [1.82, 2.24) is 14.6 Å². The lowest BCUT2D eigenvalue weighted by molar-refractivity contribution is 0.0692. The van der Waals surface area contributed by atoms with E-state index in [-0.39, 0.29) is 17.5 Å². The van der Waals surface area contributed by atoms with Gasteiger partial charge in [0.05, 0.1) is 4.90 Å². The topological polar surface area (TPSA) is 72.4 Å². The lowest BCUT2D eigenvalue weighted by atomic mass is 9.85. The van der Waals surface area contributed by atoms with Gasteiger partial charge in [-0.1, -0.05) is 38.2 Å². The van der Waals surface area contributed by atoms with Crippen molar-refractivity contribution in [2.24, 2.45) is 13.0 Å². The largest absolute Gasteiger partial charge is 0.381 e. The van der Waals surface area contributed by atoms with Gasteiger partial charge < -0.3 is 14.6 Å². The molecule has 1 saturated carbocycles. The van der Waals surface area contributed by atoms with E-state index in [0.717, 1.165) is 39.8 Å². The molecular weight excluding hydrogens is 538 g/mol. The number of aromatic nitrogens is 1. The fourth-order valence-corrected chi connectivity index (χ4v) is 7.19. The summed E-state index contributed by atoms with van der Waals surface area (Å²) in [6, 6.07) is 8.19. The first-order valence-electron chi connectivity index (χ1n) is 13.2. The smallest absolute Gasteiger partial charge is 0.268 e. The van der Waals surface area contributed by atoms with Gasteiger partial charge in [0.15, 0.2) is 0 Å². The number of halogens is 1. The molecule has 2 aromatic rings. The van der Waals surface area contributed by atoms with E-state index in [0.29, 0.717) is 24.8 Å². The molecule has 36 heavy (non-hydrogen) atoms. The fourth-order valence-electron chi connectivity index (χ4n) is 5.28. The van der Waals surface area contributed by atoms with E-state index < -0.39 is 11.0 Å². The number of hydrogen-bond acceptors (Lipinski definition) is 3. The van der Waals surface area contributed by atoms with Gasteiger partial charge in [0.25, 0.3) is 5.91 Å². The van der Waals surface area contributed by atoms with E-state index in [4.69, 9.17) is 4.74 Å². The number of hydrogen-bond donors (Lipinski definition) is 2. The summed E-state index contributed by atoms with van der Waals surface area (Å²) in [6.07, 6.45) is 9.06. The molecule has 2 fully saturated rings. The molecule has 1 saturated heterocycles. The van der Waals surface area contributed by atoms with E-state index in [9.17, 15) is 9.00 Å². The van der Waals surface area contributed by atoms with Gasteiger partial charge >= 0.3 is 0 Å². The lowest BCUT2D eigenvalue weighted by Crippen LogP contribution is -2.39. The number of carbonyl (C=O) groups is 1. The van der Waals surface area contributed by atoms with E-state index in [1.54, 1.807) is 0 Å². The van der Waals surface area contributed by atoms with Crippen LogP contribution in [0.5, 0.6) is 0 Å². The van der Waals surface area contributed by atoms with Crippen LogP contribution in [0.3, 0.4) is 0 Å². The molecule has 2 N–H and O–H groups in total. The maximum absolute atomic E-state index is 13.3. The van der Waals surface area contributed by atoms with Crippen LogP contribution in [0.1, 0.15) is 81.9 Å². The third kappa shape index (κ3) is 6.88. The van der Waals surface area contributed by atoms with Gasteiger partial charge in [-0.2, -0.15) is 0 Å². The van der Waals surface area contributed by atoms with E-state index in [1.807, 2.05) is 52.1 Å². The number of ether oxygens (including phenoxy) is 1. The first-order chi connectivity index (χ1) is 17.1. The van der Waals surface area contributed by atoms with Crippen LogP contribution >= 0.6 is 15.9 Å². The Labute approximate surface area is 226 Å². The summed E-state index contributed by atoms with van der Waals surface area (Å²) in [5, 5.41) is 3.23. The summed E-state index contributed by atoms with van der Waals surface area (Å²) in [5.74, 6) is 0.621. The Morgan fingerprint density at radius 3 is 2.44 bits per heavy atom. The average Bonchev–Trinajstić information content (AvgIpc) is 3.15. The lowest BCUT2D eigenvalue weighted by Gasteiger charge is -2.24. The summed E-state index contributed by atoms with van der Waals surface area (Å²) in [7, 11) is 0.693. The first kappa shape index (κ1) is 27.6. The molecule has 1 aliphatic carbocycles. The molecule has 1 unspecified atom stereocenters. The Kier molecular flexibility index (Phi) is 9.13. The van der Waals surface area contributed by atoms with Crippen molar-refractivity contribution in [3.63, 3.8) is 0 Å². The molecule has 4 rings (SSSR count). The molecule has 6 nitrogen and oxygen atoms in total. The second-order valence-electron chi connectivity index (χ2n) is 11.3. The predicted molar refractivity (Wildman–Crippen MR) is 149 cm³/mol. The maximum Gasteiger partial charge on any atom is 0.268 e. The van der Waals surface area contributed by atoms with Crippen molar-refractivity contribution in [2.75, 3.05) is 13.2 Å². The van der Waals surface area contributed by atoms with Gasteiger partial charge in [-0.15, -0.1) is 0 Å². The normalized spacial score (nSPS) is 18.8. The minimum atomic E-state index is -1.33. The number of rotatable bonds is 7. The predicted octanol–water partition coefficient (Wildman–Crippen LogP) is 5.90. The number of nitrogens with zero attached hydrogens (tertiary/aromatic N) is 1. The van der Waals surface area contributed by atoms with Crippen LogP contribution < -0.4 is 10.0 Å². The van der Waals surface area contributed by atoms with Crippen molar-refractivity contribution < 1.29 is 13.7 Å². The Morgan fingerprint density at radius 1 is 1.11 bits per heavy atom. The van der Waals surface area contributed by atoms with Gasteiger partial charge in [-0.25, -0.2) is 8.93 Å². The van der Waals surface area contributed by atoms with Gasteiger partial charge in [0, 0.05) is 47.6 Å². The van der Waals surface area contributed by atoms with Crippen LogP contribution in [0.4, 0.5) is 0 Å². The van der Waals surface area contributed by atoms with Crippen LogP contribution in [0.2, 0.25) is 0 Å². The van der Waals surface area contributed by atoms with Crippen molar-refractivity contribution in [1.29, 1.82) is 0 Å². The first-order valence-corrected chi connectivity index (χ1v) is 15.1. The molecule has 2 heterocycles. The van der Waals surface area contributed by atoms with E-state index in [1.165, 1.54) is 37.8 Å². The highest BCUT2D eigenvalue weighted by atomic mass is 79.9. The maximum atomic E-state index is 13.3. The average molecular weight is 579 g/mol. The number of carbonyl (C=O) groups excluding carboxylic acids is 1. The fraction of sp³-hybridized carbons (Fsp3) is 0.607. The standard InChI is InChI=1S/C28H40BrN3O3S/c1-28(2,3)31-36(34)26-11-10-20(17-23(26)29)22-18-25(27(33)30-21-12-14-35-15-13-21)32(4)24(22)16-19-8-6-5-7-9-19/h10-11,17-19,21,31H,5-9,12-16H2,1-4H3,(H,30,33). The third-order valence-electron chi connectivity index (χ3n) is 7.20. The van der Waals surface area contributed by atoms with Crippen LogP contribution in [0.15, 0.2) is 33.6 Å². The molecule has 1 aliphatic heterocycles. The van der Waals surface area contributed by atoms with Crippen molar-refractivity contribution in [3.05, 3.63) is 40.1 Å². The van der Waals surface area contributed by atoms with Crippen molar-refractivity contribution in [3.8, 4) is 11.1 Å². The highest BCUT2D eigenvalue weighted by molar-refractivity contribution is 9.10. The van der Waals surface area contributed by atoms with Gasteiger partial charge in [0.2, 0.25) is 0 Å².